The fraction of sp³-hybridized carbons (Fsp3) is 0.455. The highest BCUT2D eigenvalue weighted by Gasteiger charge is 2.38. The zero-order valence-corrected chi connectivity index (χ0v) is 18.2. The van der Waals surface area contributed by atoms with E-state index in [1.54, 1.807) is 26.8 Å². The number of rotatable bonds is 10. The van der Waals surface area contributed by atoms with Gasteiger partial charge in [-0.15, -0.1) is 0 Å². The van der Waals surface area contributed by atoms with Crippen LogP contribution in [0.2, 0.25) is 0 Å². The third-order valence-electron chi connectivity index (χ3n) is 4.70. The Bertz CT molecular complexity index is 905. The van der Waals surface area contributed by atoms with Gasteiger partial charge in [-0.1, -0.05) is 19.1 Å². The second kappa shape index (κ2) is 11.3. The molecule has 0 saturated heterocycles. The van der Waals surface area contributed by atoms with Crippen LogP contribution in [-0.2, 0) is 23.8 Å². The van der Waals surface area contributed by atoms with E-state index in [0.717, 1.165) is 6.42 Å². The normalized spacial score (nSPS) is 16.1. The maximum atomic E-state index is 13.0. The number of hydrogen-bond acceptors (Lipinski definition) is 8. The van der Waals surface area contributed by atoms with Gasteiger partial charge < -0.3 is 19.5 Å². The molecule has 1 N–H and O–H groups in total. The Balaban J connectivity index is 2.47. The van der Waals surface area contributed by atoms with Crippen LogP contribution in [0.1, 0.15) is 45.6 Å². The molecule has 0 saturated carbocycles. The number of nitro groups is 1. The molecule has 0 aliphatic carbocycles. The van der Waals surface area contributed by atoms with Crippen LogP contribution in [0, 0.1) is 10.1 Å². The van der Waals surface area contributed by atoms with Crippen LogP contribution in [0.15, 0.2) is 46.8 Å². The summed E-state index contributed by atoms with van der Waals surface area (Å²) in [5.74, 6) is -2.10. The first kappa shape index (κ1) is 24.1. The zero-order chi connectivity index (χ0) is 23.0. The van der Waals surface area contributed by atoms with E-state index in [-0.39, 0.29) is 36.7 Å². The molecule has 168 valence electrons. The first-order valence-electron chi connectivity index (χ1n) is 10.2. The molecule has 31 heavy (non-hydrogen) atoms. The molecule has 1 aliphatic rings. The van der Waals surface area contributed by atoms with Crippen LogP contribution < -0.4 is 5.32 Å². The van der Waals surface area contributed by atoms with Crippen LogP contribution in [0.5, 0.6) is 0 Å². The van der Waals surface area contributed by atoms with Gasteiger partial charge in [-0.3, -0.25) is 10.1 Å². The van der Waals surface area contributed by atoms with Crippen molar-refractivity contribution in [1.29, 1.82) is 0 Å². The molecule has 9 nitrogen and oxygen atoms in total. The maximum Gasteiger partial charge on any atom is 0.336 e. The molecule has 1 aromatic carbocycles. The van der Waals surface area contributed by atoms with Crippen LogP contribution in [0.4, 0.5) is 5.69 Å². The largest absolute Gasteiger partial charge is 0.463 e. The highest BCUT2D eigenvalue weighted by Crippen LogP contribution is 2.40. The molecule has 1 unspecified atom stereocenters. The highest BCUT2D eigenvalue weighted by molar-refractivity contribution is 5.99. The summed E-state index contributed by atoms with van der Waals surface area (Å²) in [7, 11) is 0. The van der Waals surface area contributed by atoms with Crippen molar-refractivity contribution >= 4 is 17.6 Å². The number of hydrogen-bond donors (Lipinski definition) is 1. The van der Waals surface area contributed by atoms with E-state index in [4.69, 9.17) is 14.2 Å². The lowest BCUT2D eigenvalue weighted by atomic mass is 9.80. The summed E-state index contributed by atoms with van der Waals surface area (Å²) in [5, 5.41) is 14.3. The van der Waals surface area contributed by atoms with Gasteiger partial charge in [-0.2, -0.15) is 0 Å². The average Bonchev–Trinajstić information content (AvgIpc) is 2.73. The molecule has 0 aromatic heterocycles. The highest BCUT2D eigenvalue weighted by atomic mass is 16.6. The Morgan fingerprint density at radius 1 is 1.03 bits per heavy atom. The zero-order valence-electron chi connectivity index (χ0n) is 18.2. The third-order valence-corrected chi connectivity index (χ3v) is 4.70. The fourth-order valence-corrected chi connectivity index (χ4v) is 3.41. The first-order chi connectivity index (χ1) is 14.8. The van der Waals surface area contributed by atoms with E-state index in [9.17, 15) is 19.7 Å². The number of nitrogens with one attached hydrogen (secondary N) is 1. The number of dihydropyridines is 1. The van der Waals surface area contributed by atoms with Gasteiger partial charge in [0, 0.05) is 30.1 Å². The molecule has 0 radical (unpaired) electrons. The summed E-state index contributed by atoms with van der Waals surface area (Å²) < 4.78 is 15.9. The minimum absolute atomic E-state index is 0.0503. The summed E-state index contributed by atoms with van der Waals surface area (Å²) in [6.45, 7) is 8.05. The van der Waals surface area contributed by atoms with E-state index in [2.05, 4.69) is 5.32 Å². The van der Waals surface area contributed by atoms with Gasteiger partial charge in [-0.25, -0.2) is 9.59 Å². The number of benzene rings is 1. The summed E-state index contributed by atoms with van der Waals surface area (Å²) in [4.78, 5) is 36.5. The predicted molar refractivity (Wildman–Crippen MR) is 113 cm³/mol. The Morgan fingerprint density at radius 3 is 2.26 bits per heavy atom. The summed E-state index contributed by atoms with van der Waals surface area (Å²) >= 11 is 0. The summed E-state index contributed by atoms with van der Waals surface area (Å²) in [6, 6.07) is 5.86. The topological polar surface area (TPSA) is 117 Å². The van der Waals surface area contributed by atoms with E-state index < -0.39 is 22.8 Å². The number of esters is 2. The Morgan fingerprint density at radius 2 is 1.68 bits per heavy atom. The maximum absolute atomic E-state index is 13.0. The van der Waals surface area contributed by atoms with Crippen molar-refractivity contribution in [3.8, 4) is 0 Å². The van der Waals surface area contributed by atoms with Gasteiger partial charge in [0.1, 0.15) is 6.61 Å². The fourth-order valence-electron chi connectivity index (χ4n) is 3.41. The van der Waals surface area contributed by atoms with Crippen molar-refractivity contribution < 1.29 is 28.7 Å². The second-order valence-electron chi connectivity index (χ2n) is 6.96. The average molecular weight is 432 g/mol. The van der Waals surface area contributed by atoms with Gasteiger partial charge >= 0.3 is 11.9 Å². The number of non-ortho nitro benzene ring substituents is 1. The monoisotopic (exact) mass is 432 g/mol. The van der Waals surface area contributed by atoms with Gasteiger partial charge in [0.15, 0.2) is 0 Å². The standard InChI is InChI=1S/C22H28N2O7/c1-5-10-29-11-12-31-22(26)19-15(4)23-14(3)18(21(25)30-6-2)20(19)16-8-7-9-17(13-16)24(27)28/h7-9,13,20,23H,5-6,10-12H2,1-4H3. The van der Waals surface area contributed by atoms with E-state index in [0.29, 0.717) is 23.6 Å². The van der Waals surface area contributed by atoms with Crippen LogP contribution in [0.3, 0.4) is 0 Å². The minimum Gasteiger partial charge on any atom is -0.463 e. The molecule has 1 atom stereocenters. The molecule has 1 aliphatic heterocycles. The molecule has 0 amide bonds. The minimum atomic E-state index is -0.871. The van der Waals surface area contributed by atoms with Crippen molar-refractivity contribution in [3.63, 3.8) is 0 Å². The lowest BCUT2D eigenvalue weighted by Gasteiger charge is -2.30. The van der Waals surface area contributed by atoms with E-state index >= 15 is 0 Å². The number of carbonyl (C=O) groups excluding carboxylic acids is 2. The SMILES string of the molecule is CCCOCCOC(=O)C1=C(C)NC(C)=C(C(=O)OCC)C1c1cccc([N+](=O)[O-])c1. The van der Waals surface area contributed by atoms with Gasteiger partial charge in [-0.05, 0) is 32.8 Å². The molecular weight excluding hydrogens is 404 g/mol. The molecule has 0 fully saturated rings. The van der Waals surface area contributed by atoms with Crippen LogP contribution in [0.25, 0.3) is 0 Å². The summed E-state index contributed by atoms with van der Waals surface area (Å²) in [6.07, 6.45) is 0.851. The number of ether oxygens (including phenoxy) is 3. The van der Waals surface area contributed by atoms with Crippen molar-refractivity contribution in [1.82, 2.24) is 5.32 Å². The quantitative estimate of drug-likeness (QED) is 0.259. The predicted octanol–water partition coefficient (Wildman–Crippen LogP) is 3.36. The lowest BCUT2D eigenvalue weighted by Crippen LogP contribution is -2.32. The van der Waals surface area contributed by atoms with Gasteiger partial charge in [0.2, 0.25) is 0 Å². The van der Waals surface area contributed by atoms with Crippen LogP contribution >= 0.6 is 0 Å². The number of nitro benzene ring substituents is 1. The number of allylic oxidation sites excluding steroid dienone is 2. The molecule has 1 heterocycles. The van der Waals surface area contributed by atoms with E-state index in [1.807, 2.05) is 6.92 Å². The Kier molecular flexibility index (Phi) is 8.75. The lowest BCUT2D eigenvalue weighted by molar-refractivity contribution is -0.384. The van der Waals surface area contributed by atoms with Crippen LogP contribution in [-0.4, -0.2) is 43.3 Å². The Labute approximate surface area is 181 Å². The smallest absolute Gasteiger partial charge is 0.336 e. The number of nitrogens with zero attached hydrogens (tertiary/aromatic N) is 1. The molecule has 0 spiro atoms. The van der Waals surface area contributed by atoms with Crippen molar-refractivity contribution in [2.45, 2.75) is 40.0 Å². The summed E-state index contributed by atoms with van der Waals surface area (Å²) in [5.41, 5.74) is 1.70. The first-order valence-corrected chi connectivity index (χ1v) is 10.2. The Hall–Kier alpha value is -3.20. The van der Waals surface area contributed by atoms with Crippen molar-refractivity contribution in [2.75, 3.05) is 26.4 Å². The van der Waals surface area contributed by atoms with E-state index in [1.165, 1.54) is 18.2 Å². The molecule has 1 aromatic rings. The van der Waals surface area contributed by atoms with Gasteiger partial charge in [0.05, 0.1) is 35.2 Å². The second-order valence-corrected chi connectivity index (χ2v) is 6.96. The van der Waals surface area contributed by atoms with Crippen molar-refractivity contribution in [3.05, 3.63) is 62.5 Å². The molecule has 2 rings (SSSR count). The molecule has 0 bridgehead atoms. The van der Waals surface area contributed by atoms with Gasteiger partial charge in [0.25, 0.3) is 5.69 Å². The molecule has 9 heteroatoms. The third kappa shape index (κ3) is 5.91. The molecular formula is C22H28N2O7. The number of carbonyl (C=O) groups is 2. The van der Waals surface area contributed by atoms with Crippen molar-refractivity contribution in [2.24, 2.45) is 0 Å².